The summed E-state index contributed by atoms with van der Waals surface area (Å²) in [6.45, 7) is 0.412. The van der Waals surface area contributed by atoms with Crippen LogP contribution in [0.15, 0.2) is 66.7 Å². The van der Waals surface area contributed by atoms with Gasteiger partial charge in [0, 0.05) is 34.3 Å². The molecule has 5 nitrogen and oxygen atoms in total. The fourth-order valence-corrected chi connectivity index (χ4v) is 7.04. The van der Waals surface area contributed by atoms with Gasteiger partial charge < -0.3 is 14.5 Å². The van der Waals surface area contributed by atoms with Crippen molar-refractivity contribution in [3.8, 4) is 22.9 Å². The Morgan fingerprint density at radius 3 is 2.41 bits per heavy atom. The summed E-state index contributed by atoms with van der Waals surface area (Å²) >= 11 is 8.26. The molecule has 0 aliphatic heterocycles. The molecule has 7 heteroatoms. The van der Waals surface area contributed by atoms with Gasteiger partial charge in [-0.2, -0.15) is 5.26 Å². The smallest absolute Gasteiger partial charge is 0.266 e. The number of nitriles is 1. The van der Waals surface area contributed by atoms with Gasteiger partial charge in [0.1, 0.15) is 10.6 Å². The first-order valence-corrected chi connectivity index (χ1v) is 14.4. The SMILES string of the molecule is COc1ccc(-c2cccc(C#N)c2)cc1CN(C(=O)c1sc2ccccc2c1Cl)[C@H]1CC[C@H](N(C)C)CC1. The van der Waals surface area contributed by atoms with Gasteiger partial charge in [-0.3, -0.25) is 4.79 Å². The summed E-state index contributed by atoms with van der Waals surface area (Å²) in [5, 5.41) is 10.8. The predicted octanol–water partition coefficient (Wildman–Crippen LogP) is 7.62. The minimum atomic E-state index is -0.0339. The van der Waals surface area contributed by atoms with Gasteiger partial charge >= 0.3 is 0 Å². The molecule has 0 radical (unpaired) electrons. The van der Waals surface area contributed by atoms with E-state index in [1.807, 2.05) is 59.5 Å². The number of amides is 1. The van der Waals surface area contributed by atoms with Crippen molar-refractivity contribution in [3.63, 3.8) is 0 Å². The van der Waals surface area contributed by atoms with Crippen LogP contribution >= 0.6 is 22.9 Å². The first-order valence-electron chi connectivity index (χ1n) is 13.2. The number of ether oxygens (including phenoxy) is 1. The second-order valence-corrected chi connectivity index (χ2v) is 11.7. The summed E-state index contributed by atoms with van der Waals surface area (Å²) in [6, 6.07) is 24.3. The lowest BCUT2D eigenvalue weighted by Gasteiger charge is -2.39. The van der Waals surface area contributed by atoms with E-state index in [1.165, 1.54) is 11.3 Å². The van der Waals surface area contributed by atoms with E-state index in [-0.39, 0.29) is 11.9 Å². The van der Waals surface area contributed by atoms with Crippen LogP contribution in [0.2, 0.25) is 5.02 Å². The average molecular weight is 558 g/mol. The van der Waals surface area contributed by atoms with E-state index in [4.69, 9.17) is 16.3 Å². The Hall–Kier alpha value is -3.37. The molecule has 1 amide bonds. The fraction of sp³-hybridized carbons (Fsp3) is 0.312. The van der Waals surface area contributed by atoms with Gasteiger partial charge in [-0.1, -0.05) is 48.0 Å². The Morgan fingerprint density at radius 1 is 1.00 bits per heavy atom. The average Bonchev–Trinajstić information content (AvgIpc) is 3.31. The number of methoxy groups -OCH3 is 1. The molecule has 1 aliphatic carbocycles. The van der Waals surface area contributed by atoms with Crippen LogP contribution in [0.4, 0.5) is 0 Å². The van der Waals surface area contributed by atoms with Crippen molar-refractivity contribution in [3.05, 3.63) is 87.8 Å². The highest BCUT2D eigenvalue weighted by Crippen LogP contribution is 2.38. The molecule has 0 saturated heterocycles. The highest BCUT2D eigenvalue weighted by Gasteiger charge is 2.33. The molecule has 1 aliphatic rings. The molecule has 0 bridgehead atoms. The van der Waals surface area contributed by atoms with Crippen LogP contribution in [0.25, 0.3) is 21.2 Å². The van der Waals surface area contributed by atoms with Crippen molar-refractivity contribution in [2.24, 2.45) is 0 Å². The molecule has 5 rings (SSSR count). The number of rotatable bonds is 7. The van der Waals surface area contributed by atoms with E-state index in [2.05, 4.69) is 31.1 Å². The Kier molecular flexibility index (Phi) is 8.23. The topological polar surface area (TPSA) is 56.6 Å². The van der Waals surface area contributed by atoms with E-state index in [0.717, 1.165) is 58.2 Å². The summed E-state index contributed by atoms with van der Waals surface area (Å²) < 4.78 is 6.77. The molecule has 0 atom stereocenters. The second kappa shape index (κ2) is 11.8. The zero-order valence-corrected chi connectivity index (χ0v) is 24.1. The number of carbonyl (C=O) groups excluding carboxylic acids is 1. The zero-order chi connectivity index (χ0) is 27.5. The van der Waals surface area contributed by atoms with Crippen molar-refractivity contribution in [1.29, 1.82) is 5.26 Å². The number of fused-ring (bicyclic) bond motifs is 1. The van der Waals surface area contributed by atoms with Crippen LogP contribution in [0.5, 0.6) is 5.75 Å². The maximum Gasteiger partial charge on any atom is 0.266 e. The number of halogens is 1. The van der Waals surface area contributed by atoms with Crippen molar-refractivity contribution >= 4 is 38.9 Å². The van der Waals surface area contributed by atoms with E-state index in [9.17, 15) is 10.1 Å². The molecular formula is C32H32ClN3O2S. The Bertz CT molecular complexity index is 1530. The number of hydrogen-bond acceptors (Lipinski definition) is 5. The first-order chi connectivity index (χ1) is 18.9. The molecule has 1 saturated carbocycles. The molecular weight excluding hydrogens is 526 g/mol. The minimum Gasteiger partial charge on any atom is -0.496 e. The van der Waals surface area contributed by atoms with Crippen molar-refractivity contribution in [2.75, 3.05) is 21.2 Å². The van der Waals surface area contributed by atoms with Crippen molar-refractivity contribution < 1.29 is 9.53 Å². The third-order valence-corrected chi connectivity index (χ3v) is 9.44. The van der Waals surface area contributed by atoms with Gasteiger partial charge in [-0.05, 0) is 81.2 Å². The van der Waals surface area contributed by atoms with Gasteiger partial charge in [0.15, 0.2) is 0 Å². The molecule has 0 unspecified atom stereocenters. The van der Waals surface area contributed by atoms with Crippen LogP contribution in [0.1, 0.15) is 46.5 Å². The van der Waals surface area contributed by atoms with Gasteiger partial charge in [0.2, 0.25) is 0 Å². The Labute approximate surface area is 239 Å². The molecule has 1 fully saturated rings. The third kappa shape index (κ3) is 5.67. The summed E-state index contributed by atoms with van der Waals surface area (Å²) in [5.41, 5.74) is 3.47. The third-order valence-electron chi connectivity index (χ3n) is 7.77. The molecule has 1 aromatic heterocycles. The van der Waals surface area contributed by atoms with Gasteiger partial charge in [-0.25, -0.2) is 0 Å². The fourth-order valence-electron chi connectivity index (χ4n) is 5.57. The number of carbonyl (C=O) groups is 1. The summed E-state index contributed by atoms with van der Waals surface area (Å²) in [7, 11) is 5.91. The van der Waals surface area contributed by atoms with Crippen LogP contribution in [-0.4, -0.2) is 49.0 Å². The van der Waals surface area contributed by atoms with E-state index in [1.54, 1.807) is 13.2 Å². The monoisotopic (exact) mass is 557 g/mol. The highest BCUT2D eigenvalue weighted by molar-refractivity contribution is 7.21. The highest BCUT2D eigenvalue weighted by atomic mass is 35.5. The lowest BCUT2D eigenvalue weighted by atomic mass is 9.89. The minimum absolute atomic E-state index is 0.0339. The van der Waals surface area contributed by atoms with Crippen molar-refractivity contribution in [1.82, 2.24) is 9.80 Å². The summed E-state index contributed by atoms with van der Waals surface area (Å²) in [4.78, 5) is 19.1. The molecule has 4 aromatic rings. The first kappa shape index (κ1) is 27.2. The van der Waals surface area contributed by atoms with Gasteiger partial charge in [-0.15, -0.1) is 11.3 Å². The predicted molar refractivity (Wildman–Crippen MR) is 160 cm³/mol. The molecule has 3 aromatic carbocycles. The maximum absolute atomic E-state index is 14.3. The number of benzene rings is 3. The molecule has 0 N–H and O–H groups in total. The summed E-state index contributed by atoms with van der Waals surface area (Å²) in [5.74, 6) is 0.700. The normalized spacial score (nSPS) is 17.2. The lowest BCUT2D eigenvalue weighted by molar-refractivity contribution is 0.0573. The van der Waals surface area contributed by atoms with Gasteiger partial charge in [0.25, 0.3) is 5.91 Å². The molecule has 39 heavy (non-hydrogen) atoms. The van der Waals surface area contributed by atoms with E-state index < -0.39 is 0 Å². The van der Waals surface area contributed by atoms with Gasteiger partial charge in [0.05, 0.1) is 23.8 Å². The lowest BCUT2D eigenvalue weighted by Crippen LogP contribution is -2.44. The molecule has 200 valence electrons. The zero-order valence-electron chi connectivity index (χ0n) is 22.5. The summed E-state index contributed by atoms with van der Waals surface area (Å²) in [6.07, 6.45) is 3.95. The Balaban J connectivity index is 1.53. The van der Waals surface area contributed by atoms with E-state index in [0.29, 0.717) is 28.0 Å². The van der Waals surface area contributed by atoms with Crippen LogP contribution in [-0.2, 0) is 6.54 Å². The van der Waals surface area contributed by atoms with Crippen molar-refractivity contribution in [2.45, 2.75) is 44.3 Å². The van der Waals surface area contributed by atoms with Crippen LogP contribution < -0.4 is 4.74 Å². The maximum atomic E-state index is 14.3. The molecule has 1 heterocycles. The second-order valence-electron chi connectivity index (χ2n) is 10.3. The molecule has 0 spiro atoms. The standard InChI is InChI=1S/C32H32ClN3O2S/c1-35(2)25-12-14-26(15-13-25)36(32(37)31-30(33)27-9-4-5-10-29(27)39-31)20-24-18-23(11-16-28(24)38-3)22-8-6-7-21(17-22)19-34/h4-11,16-18,25-26H,12-15,20H2,1-3H3/t25-,26-. The number of thiophene rings is 1. The largest absolute Gasteiger partial charge is 0.496 e. The number of nitrogens with zero attached hydrogens (tertiary/aromatic N) is 3. The number of hydrogen-bond donors (Lipinski definition) is 0. The van der Waals surface area contributed by atoms with Crippen LogP contribution in [0, 0.1) is 11.3 Å². The quantitative estimate of drug-likeness (QED) is 0.234. The Morgan fingerprint density at radius 2 is 1.72 bits per heavy atom. The van der Waals surface area contributed by atoms with E-state index >= 15 is 0 Å². The van der Waals surface area contributed by atoms with Crippen LogP contribution in [0.3, 0.4) is 0 Å².